The third-order valence-electron chi connectivity index (χ3n) is 3.49. The Bertz CT molecular complexity index is 478. The van der Waals surface area contributed by atoms with E-state index in [2.05, 4.69) is 10.6 Å². The number of nitrogens with one attached hydrogen (secondary N) is 2. The minimum atomic E-state index is -0.912. The molecule has 3 N–H and O–H groups in total. The first-order valence-electron chi connectivity index (χ1n) is 7.41. The van der Waals surface area contributed by atoms with E-state index < -0.39 is 5.97 Å². The van der Waals surface area contributed by atoms with Gasteiger partial charge in [0.2, 0.25) is 0 Å². The first kappa shape index (κ1) is 17.0. The van der Waals surface area contributed by atoms with Gasteiger partial charge in [0.05, 0.1) is 6.42 Å². The van der Waals surface area contributed by atoms with Crippen molar-refractivity contribution in [1.82, 2.24) is 5.32 Å². The largest absolute Gasteiger partial charge is 0.481 e. The van der Waals surface area contributed by atoms with Crippen molar-refractivity contribution in [3.05, 3.63) is 29.3 Å². The molecule has 1 rings (SSSR count). The molecule has 1 aromatic rings. The zero-order valence-electron chi connectivity index (χ0n) is 12.9. The van der Waals surface area contributed by atoms with Gasteiger partial charge in [0.15, 0.2) is 0 Å². The molecule has 0 bridgehead atoms. The van der Waals surface area contributed by atoms with Crippen LogP contribution >= 0.6 is 0 Å². The van der Waals surface area contributed by atoms with Gasteiger partial charge in [-0.25, -0.2) is 4.79 Å². The summed E-state index contributed by atoms with van der Waals surface area (Å²) in [5.74, 6) is -0.912. The lowest BCUT2D eigenvalue weighted by atomic mass is 10.0. The lowest BCUT2D eigenvalue weighted by Crippen LogP contribution is -2.39. The fourth-order valence-corrected chi connectivity index (χ4v) is 2.25. The van der Waals surface area contributed by atoms with Gasteiger partial charge in [-0.2, -0.15) is 0 Å². The number of amides is 2. The van der Waals surface area contributed by atoms with Crippen LogP contribution in [0.5, 0.6) is 0 Å². The Kier molecular flexibility index (Phi) is 6.72. The van der Waals surface area contributed by atoms with Crippen LogP contribution in [0.15, 0.2) is 18.2 Å². The summed E-state index contributed by atoms with van der Waals surface area (Å²) in [6, 6.07) is 5.26. The molecule has 0 aliphatic rings. The van der Waals surface area contributed by atoms with Crippen LogP contribution in [0.25, 0.3) is 0 Å². The Labute approximate surface area is 125 Å². The molecule has 1 atom stereocenters. The van der Waals surface area contributed by atoms with E-state index in [0.717, 1.165) is 29.7 Å². The summed E-state index contributed by atoms with van der Waals surface area (Å²) in [6.07, 6.45) is 2.17. The van der Waals surface area contributed by atoms with Gasteiger partial charge in [-0.05, 0) is 30.4 Å². The molecule has 0 spiro atoms. The van der Waals surface area contributed by atoms with Crippen LogP contribution in [-0.4, -0.2) is 23.1 Å². The minimum Gasteiger partial charge on any atom is -0.481 e. The van der Waals surface area contributed by atoms with E-state index in [1.54, 1.807) is 0 Å². The van der Waals surface area contributed by atoms with Gasteiger partial charge in [-0.1, -0.05) is 39.0 Å². The predicted molar refractivity (Wildman–Crippen MR) is 83.7 cm³/mol. The predicted octanol–water partition coefficient (Wildman–Crippen LogP) is 3.19. The van der Waals surface area contributed by atoms with Crippen molar-refractivity contribution in [2.24, 2.45) is 0 Å². The second-order valence-electron chi connectivity index (χ2n) is 4.96. The second kappa shape index (κ2) is 8.29. The lowest BCUT2D eigenvalue weighted by Gasteiger charge is -2.18. The molecule has 5 heteroatoms. The van der Waals surface area contributed by atoms with Crippen LogP contribution < -0.4 is 10.6 Å². The molecular weight excluding hydrogens is 268 g/mol. The fourth-order valence-electron chi connectivity index (χ4n) is 2.25. The summed E-state index contributed by atoms with van der Waals surface area (Å²) in [6.45, 7) is 5.93. The molecule has 116 valence electrons. The maximum atomic E-state index is 12.1. The molecule has 0 heterocycles. The van der Waals surface area contributed by atoms with Gasteiger partial charge in [0, 0.05) is 11.7 Å². The van der Waals surface area contributed by atoms with Crippen LogP contribution in [0, 0.1) is 0 Å². The van der Waals surface area contributed by atoms with E-state index in [1.807, 2.05) is 39.0 Å². The number of carboxylic acid groups (broad SMARTS) is 1. The van der Waals surface area contributed by atoms with E-state index in [1.165, 1.54) is 0 Å². The Morgan fingerprint density at radius 1 is 1.14 bits per heavy atom. The van der Waals surface area contributed by atoms with Crippen molar-refractivity contribution in [2.45, 2.75) is 52.5 Å². The third kappa shape index (κ3) is 5.10. The lowest BCUT2D eigenvalue weighted by molar-refractivity contribution is -0.137. The highest BCUT2D eigenvalue weighted by atomic mass is 16.4. The fraction of sp³-hybridized carbons (Fsp3) is 0.500. The molecule has 1 unspecified atom stereocenters. The summed E-state index contributed by atoms with van der Waals surface area (Å²) >= 11 is 0. The second-order valence-corrected chi connectivity index (χ2v) is 4.96. The number of hydrogen-bond acceptors (Lipinski definition) is 2. The van der Waals surface area contributed by atoms with Crippen molar-refractivity contribution in [2.75, 3.05) is 5.32 Å². The molecule has 0 aliphatic heterocycles. The van der Waals surface area contributed by atoms with Crippen molar-refractivity contribution in [3.63, 3.8) is 0 Å². The first-order valence-corrected chi connectivity index (χ1v) is 7.41. The standard InChI is InChI=1S/C16H24N2O3/c1-4-11-8-7-9-12(5-2)15(11)18-16(21)17-13(6-3)10-14(19)20/h7-9,13H,4-6,10H2,1-3H3,(H,19,20)(H2,17,18,21). The third-order valence-corrected chi connectivity index (χ3v) is 3.49. The number of anilines is 1. The number of hydrogen-bond donors (Lipinski definition) is 3. The van der Waals surface area contributed by atoms with Crippen molar-refractivity contribution in [1.29, 1.82) is 0 Å². The molecule has 2 amide bonds. The number of para-hydroxylation sites is 1. The number of rotatable bonds is 7. The monoisotopic (exact) mass is 292 g/mol. The van der Waals surface area contributed by atoms with Crippen molar-refractivity contribution < 1.29 is 14.7 Å². The van der Waals surface area contributed by atoms with Gasteiger partial charge in [0.1, 0.15) is 0 Å². The highest BCUT2D eigenvalue weighted by Crippen LogP contribution is 2.22. The molecular formula is C16H24N2O3. The van der Waals surface area contributed by atoms with Crippen LogP contribution in [0.2, 0.25) is 0 Å². The maximum absolute atomic E-state index is 12.1. The molecule has 1 aromatic carbocycles. The Balaban J connectivity index is 2.80. The molecule has 21 heavy (non-hydrogen) atoms. The average Bonchev–Trinajstić information content (AvgIpc) is 2.46. The number of aryl methyl sites for hydroxylation is 2. The summed E-state index contributed by atoms with van der Waals surface area (Å²) in [4.78, 5) is 22.8. The van der Waals surface area contributed by atoms with E-state index in [0.29, 0.717) is 6.42 Å². The van der Waals surface area contributed by atoms with E-state index in [-0.39, 0.29) is 18.5 Å². The molecule has 5 nitrogen and oxygen atoms in total. The van der Waals surface area contributed by atoms with Crippen LogP contribution in [0.3, 0.4) is 0 Å². The molecule has 0 saturated carbocycles. The van der Waals surface area contributed by atoms with Crippen molar-refractivity contribution >= 4 is 17.7 Å². The highest BCUT2D eigenvalue weighted by molar-refractivity contribution is 5.91. The minimum absolute atomic E-state index is 0.0695. The summed E-state index contributed by atoms with van der Waals surface area (Å²) in [5.41, 5.74) is 3.00. The average molecular weight is 292 g/mol. The van der Waals surface area contributed by atoms with Crippen LogP contribution in [-0.2, 0) is 17.6 Å². The van der Waals surface area contributed by atoms with Gasteiger partial charge in [0.25, 0.3) is 0 Å². The Hall–Kier alpha value is -2.04. The first-order chi connectivity index (χ1) is 10.0. The number of urea groups is 1. The van der Waals surface area contributed by atoms with Gasteiger partial charge in [-0.3, -0.25) is 4.79 Å². The smallest absolute Gasteiger partial charge is 0.319 e. The zero-order chi connectivity index (χ0) is 15.8. The van der Waals surface area contributed by atoms with E-state index in [9.17, 15) is 9.59 Å². The summed E-state index contributed by atoms with van der Waals surface area (Å²) < 4.78 is 0. The topological polar surface area (TPSA) is 78.4 Å². The Morgan fingerprint density at radius 3 is 2.14 bits per heavy atom. The molecule has 0 saturated heterocycles. The number of benzene rings is 1. The number of carbonyl (C=O) groups is 2. The van der Waals surface area contributed by atoms with Gasteiger partial charge >= 0.3 is 12.0 Å². The maximum Gasteiger partial charge on any atom is 0.319 e. The quantitative estimate of drug-likeness (QED) is 0.722. The normalized spacial score (nSPS) is 11.8. The molecule has 0 radical (unpaired) electrons. The number of carbonyl (C=O) groups excluding carboxylic acids is 1. The van der Waals surface area contributed by atoms with E-state index >= 15 is 0 Å². The van der Waals surface area contributed by atoms with Gasteiger partial charge < -0.3 is 15.7 Å². The van der Waals surface area contributed by atoms with Gasteiger partial charge in [-0.15, -0.1) is 0 Å². The zero-order valence-corrected chi connectivity index (χ0v) is 12.9. The van der Waals surface area contributed by atoms with E-state index in [4.69, 9.17) is 5.11 Å². The summed E-state index contributed by atoms with van der Waals surface area (Å²) in [5, 5.41) is 14.4. The van der Waals surface area contributed by atoms with Crippen LogP contribution in [0.4, 0.5) is 10.5 Å². The van der Waals surface area contributed by atoms with Crippen LogP contribution in [0.1, 0.15) is 44.7 Å². The van der Waals surface area contributed by atoms with Crippen molar-refractivity contribution in [3.8, 4) is 0 Å². The molecule has 0 aromatic heterocycles. The number of carboxylic acids is 1. The summed E-state index contributed by atoms with van der Waals surface area (Å²) in [7, 11) is 0. The number of aliphatic carboxylic acids is 1. The molecule has 0 fully saturated rings. The highest BCUT2D eigenvalue weighted by Gasteiger charge is 2.15. The molecule has 0 aliphatic carbocycles. The SMILES string of the molecule is CCc1cccc(CC)c1NC(=O)NC(CC)CC(=O)O. The Morgan fingerprint density at radius 2 is 1.71 bits per heavy atom.